The van der Waals surface area contributed by atoms with Gasteiger partial charge in [-0.2, -0.15) is 18.3 Å². The molecule has 3 aromatic heterocycles. The molecule has 4 heterocycles. The molecule has 3 aromatic rings. The second-order valence-electron chi connectivity index (χ2n) is 7.95. The SMILES string of the molecule is CCN(C(=O)NC=O)C1CCN(C(=O)c2nc3c(C(F)(F)F)cc(-c4cn[nH]c4)cn3c2Cl)CC1. The number of amides is 4. The van der Waals surface area contributed by atoms with Crippen molar-refractivity contribution >= 4 is 35.6 Å². The summed E-state index contributed by atoms with van der Waals surface area (Å²) in [7, 11) is 0. The van der Waals surface area contributed by atoms with Gasteiger partial charge in [-0.15, -0.1) is 0 Å². The molecule has 0 bridgehead atoms. The fourth-order valence-electron chi connectivity index (χ4n) is 4.26. The standard InChI is InChI=1S/C21H21ClF3N7O3/c1-2-31(20(35)26-11-33)14-3-5-30(6-4-14)19(34)16-17(22)32-10-12(13-8-27-28-9-13)7-15(18(32)29-16)21(23,24)25/h7-11,14H,2-6H2,1H3,(H,27,28)(H,26,33,35). The van der Waals surface area contributed by atoms with E-state index in [1.54, 1.807) is 6.92 Å². The second-order valence-corrected chi connectivity index (χ2v) is 8.31. The van der Waals surface area contributed by atoms with Crippen LogP contribution >= 0.6 is 11.6 Å². The number of hydrogen-bond acceptors (Lipinski definition) is 5. The predicted octanol–water partition coefficient (Wildman–Crippen LogP) is 3.19. The molecule has 0 spiro atoms. The number of imide groups is 1. The summed E-state index contributed by atoms with van der Waals surface area (Å²) in [6.07, 6.45) is 0.611. The number of H-pyrrole nitrogens is 1. The molecule has 0 saturated carbocycles. The lowest BCUT2D eigenvalue weighted by atomic mass is 10.0. The predicted molar refractivity (Wildman–Crippen MR) is 119 cm³/mol. The Balaban J connectivity index is 1.62. The minimum atomic E-state index is -4.74. The number of pyridine rings is 1. The van der Waals surface area contributed by atoms with Crippen LogP contribution < -0.4 is 5.32 Å². The van der Waals surface area contributed by atoms with Gasteiger partial charge in [0, 0.05) is 49.2 Å². The number of likely N-dealkylation sites (tertiary alicyclic amines) is 1. The van der Waals surface area contributed by atoms with E-state index in [-0.39, 0.29) is 35.5 Å². The fraction of sp³-hybridized carbons (Fsp3) is 0.381. The summed E-state index contributed by atoms with van der Waals surface area (Å²) in [5.41, 5.74) is -1.18. The van der Waals surface area contributed by atoms with Crippen molar-refractivity contribution in [3.63, 3.8) is 0 Å². The first kappa shape index (κ1) is 24.5. The monoisotopic (exact) mass is 511 g/mol. The number of piperidine rings is 1. The number of nitrogens with zero attached hydrogens (tertiary/aromatic N) is 5. The number of halogens is 4. The number of carbonyl (C=O) groups excluding carboxylic acids is 3. The zero-order chi connectivity index (χ0) is 25.3. The number of aromatic amines is 1. The van der Waals surface area contributed by atoms with E-state index < -0.39 is 29.3 Å². The van der Waals surface area contributed by atoms with Crippen molar-refractivity contribution in [1.82, 2.24) is 34.7 Å². The average molecular weight is 512 g/mol. The van der Waals surface area contributed by atoms with Crippen molar-refractivity contribution in [3.8, 4) is 11.1 Å². The maximum absolute atomic E-state index is 13.8. The molecule has 1 fully saturated rings. The zero-order valence-electron chi connectivity index (χ0n) is 18.5. The van der Waals surface area contributed by atoms with Crippen molar-refractivity contribution in [1.29, 1.82) is 0 Å². The smallest absolute Gasteiger partial charge is 0.337 e. The van der Waals surface area contributed by atoms with Gasteiger partial charge in [0.15, 0.2) is 11.3 Å². The van der Waals surface area contributed by atoms with E-state index in [0.29, 0.717) is 31.4 Å². The second kappa shape index (κ2) is 9.56. The van der Waals surface area contributed by atoms with E-state index in [2.05, 4.69) is 20.5 Å². The Hall–Kier alpha value is -3.61. The number of aromatic nitrogens is 4. The number of alkyl halides is 3. The van der Waals surface area contributed by atoms with E-state index in [9.17, 15) is 27.6 Å². The van der Waals surface area contributed by atoms with Crippen LogP contribution in [0.5, 0.6) is 0 Å². The molecule has 0 aliphatic carbocycles. The van der Waals surface area contributed by atoms with Crippen molar-refractivity contribution in [3.05, 3.63) is 41.1 Å². The molecule has 1 saturated heterocycles. The molecule has 10 nitrogen and oxygen atoms in total. The number of fused-ring (bicyclic) bond motifs is 1. The Kier molecular flexibility index (Phi) is 6.70. The molecule has 186 valence electrons. The van der Waals surface area contributed by atoms with E-state index in [1.807, 2.05) is 0 Å². The number of hydrogen-bond donors (Lipinski definition) is 2. The van der Waals surface area contributed by atoms with Crippen LogP contribution in [0.15, 0.2) is 24.7 Å². The highest BCUT2D eigenvalue weighted by Gasteiger charge is 2.37. The Morgan fingerprint density at radius 3 is 2.60 bits per heavy atom. The molecular formula is C21H21ClF3N7O3. The first-order valence-electron chi connectivity index (χ1n) is 10.7. The summed E-state index contributed by atoms with van der Waals surface area (Å²) in [4.78, 5) is 42.7. The molecule has 1 aliphatic rings. The van der Waals surface area contributed by atoms with E-state index in [1.165, 1.54) is 28.4 Å². The number of rotatable bonds is 5. The average Bonchev–Trinajstić information content (AvgIpc) is 3.47. The molecule has 0 aromatic carbocycles. The van der Waals surface area contributed by atoms with Crippen LogP contribution in [0.3, 0.4) is 0 Å². The largest absolute Gasteiger partial charge is 0.420 e. The topological polar surface area (TPSA) is 116 Å². The van der Waals surface area contributed by atoms with Gasteiger partial charge in [0.25, 0.3) is 5.91 Å². The molecule has 1 aliphatic heterocycles. The molecule has 4 rings (SSSR count). The highest BCUT2D eigenvalue weighted by molar-refractivity contribution is 6.33. The molecule has 0 unspecified atom stereocenters. The Morgan fingerprint density at radius 2 is 2.03 bits per heavy atom. The highest BCUT2D eigenvalue weighted by atomic mass is 35.5. The fourth-order valence-corrected chi connectivity index (χ4v) is 4.51. The summed E-state index contributed by atoms with van der Waals surface area (Å²) < 4.78 is 42.6. The first-order chi connectivity index (χ1) is 16.7. The van der Waals surface area contributed by atoms with Gasteiger partial charge < -0.3 is 9.80 Å². The lowest BCUT2D eigenvalue weighted by Gasteiger charge is -2.37. The number of carbonyl (C=O) groups is 3. The van der Waals surface area contributed by atoms with Gasteiger partial charge in [0.1, 0.15) is 5.15 Å². The summed E-state index contributed by atoms with van der Waals surface area (Å²) in [5.74, 6) is -0.601. The lowest BCUT2D eigenvalue weighted by Crippen LogP contribution is -2.51. The summed E-state index contributed by atoms with van der Waals surface area (Å²) in [6, 6.07) is 0.214. The molecule has 4 amide bonds. The van der Waals surface area contributed by atoms with Crippen LogP contribution in [0.2, 0.25) is 5.15 Å². The molecular weight excluding hydrogens is 491 g/mol. The van der Waals surface area contributed by atoms with Crippen molar-refractivity contribution < 1.29 is 27.6 Å². The molecule has 0 atom stereocenters. The summed E-state index contributed by atoms with van der Waals surface area (Å²) in [6.45, 7) is 2.63. The van der Waals surface area contributed by atoms with Gasteiger partial charge >= 0.3 is 12.2 Å². The van der Waals surface area contributed by atoms with E-state index >= 15 is 0 Å². The van der Waals surface area contributed by atoms with Crippen LogP contribution in [0.4, 0.5) is 18.0 Å². The maximum Gasteiger partial charge on any atom is 0.420 e. The van der Waals surface area contributed by atoms with Gasteiger partial charge in [0.05, 0.1) is 11.8 Å². The molecule has 35 heavy (non-hydrogen) atoms. The minimum Gasteiger partial charge on any atom is -0.337 e. The normalized spacial score (nSPS) is 14.8. The van der Waals surface area contributed by atoms with Crippen LogP contribution in [0, 0.1) is 0 Å². The number of imidazole rings is 1. The highest BCUT2D eigenvalue weighted by Crippen LogP contribution is 2.37. The van der Waals surface area contributed by atoms with Gasteiger partial charge in [-0.1, -0.05) is 11.6 Å². The van der Waals surface area contributed by atoms with Crippen molar-refractivity contribution in [2.24, 2.45) is 0 Å². The summed E-state index contributed by atoms with van der Waals surface area (Å²) in [5, 5.41) is 8.19. The number of nitrogens with one attached hydrogen (secondary N) is 2. The third-order valence-corrected chi connectivity index (χ3v) is 6.34. The molecule has 14 heteroatoms. The zero-order valence-corrected chi connectivity index (χ0v) is 19.2. The van der Waals surface area contributed by atoms with Crippen LogP contribution in [0.25, 0.3) is 16.8 Å². The Labute approximate surface area is 202 Å². The Morgan fingerprint density at radius 1 is 1.31 bits per heavy atom. The van der Waals surface area contributed by atoms with Crippen LogP contribution in [0.1, 0.15) is 35.8 Å². The summed E-state index contributed by atoms with van der Waals surface area (Å²) >= 11 is 6.37. The van der Waals surface area contributed by atoms with E-state index in [0.717, 1.165) is 10.5 Å². The third-order valence-electron chi connectivity index (χ3n) is 5.98. The van der Waals surface area contributed by atoms with Crippen LogP contribution in [-0.4, -0.2) is 73.4 Å². The Bertz CT molecular complexity index is 1250. The van der Waals surface area contributed by atoms with Gasteiger partial charge in [-0.3, -0.25) is 24.4 Å². The molecule has 0 radical (unpaired) electrons. The van der Waals surface area contributed by atoms with Gasteiger partial charge in [0.2, 0.25) is 6.41 Å². The minimum absolute atomic E-state index is 0.199. The quantitative estimate of drug-likeness (QED) is 0.510. The van der Waals surface area contributed by atoms with Crippen LogP contribution in [-0.2, 0) is 11.0 Å². The van der Waals surface area contributed by atoms with Crippen molar-refractivity contribution in [2.75, 3.05) is 19.6 Å². The number of urea groups is 1. The maximum atomic E-state index is 13.8. The third kappa shape index (κ3) is 4.67. The van der Waals surface area contributed by atoms with Crippen molar-refractivity contribution in [2.45, 2.75) is 32.0 Å². The van der Waals surface area contributed by atoms with E-state index in [4.69, 9.17) is 11.6 Å². The van der Waals surface area contributed by atoms with Gasteiger partial charge in [-0.25, -0.2) is 9.78 Å². The molecule has 2 N–H and O–H groups in total. The van der Waals surface area contributed by atoms with Gasteiger partial charge in [-0.05, 0) is 25.8 Å². The lowest BCUT2D eigenvalue weighted by molar-refractivity contribution is -0.136. The first-order valence-corrected chi connectivity index (χ1v) is 11.1.